The summed E-state index contributed by atoms with van der Waals surface area (Å²) in [5.41, 5.74) is 3.98. The second-order valence-electron chi connectivity index (χ2n) is 11.8. The molecule has 4 atom stereocenters. The van der Waals surface area contributed by atoms with E-state index in [0.717, 1.165) is 33.4 Å². The Morgan fingerprint density at radius 2 is 1.71 bits per heavy atom. The van der Waals surface area contributed by atoms with E-state index in [4.69, 9.17) is 10.2 Å². The summed E-state index contributed by atoms with van der Waals surface area (Å²) in [6.45, 7) is -0.0546. The highest BCUT2D eigenvalue weighted by Crippen LogP contribution is 2.38. The monoisotopic (exact) mass is 685 g/mol. The van der Waals surface area contributed by atoms with Gasteiger partial charge >= 0.3 is 18.0 Å². The number of alkyl halides is 7. The molecule has 1 fully saturated rings. The minimum atomic E-state index is -4.89. The van der Waals surface area contributed by atoms with E-state index in [1.54, 1.807) is 40.1 Å². The molecule has 3 aromatic rings. The number of aliphatic hydroxyl groups is 1. The second kappa shape index (κ2) is 13.8. The number of anilines is 1. The first-order valence-corrected chi connectivity index (χ1v) is 15.1. The Balaban J connectivity index is 1.52. The quantitative estimate of drug-likeness (QED) is 0.323. The van der Waals surface area contributed by atoms with Crippen molar-refractivity contribution in [2.24, 2.45) is 11.7 Å². The van der Waals surface area contributed by atoms with E-state index in [0.29, 0.717) is 5.56 Å². The summed E-state index contributed by atoms with van der Waals surface area (Å²) in [4.78, 5) is 31.2. The van der Waals surface area contributed by atoms with Crippen molar-refractivity contribution in [1.82, 2.24) is 14.0 Å². The number of benzene rings is 1. The van der Waals surface area contributed by atoms with Gasteiger partial charge in [0, 0.05) is 49.4 Å². The summed E-state index contributed by atoms with van der Waals surface area (Å²) in [6, 6.07) is 8.95. The standard InChI is InChI=1S/C32H34F7N5O4/c1-19-28(42-13-12-41(21(14-42)18-45)15-22-10-11-27(48-22)32(37,38)39)29(46)44(17-26(40)20-6-3-2-4-7-20)30(47)43(19)16-23-24(31(34,35)36)8-5-9-25(23)33/h2-11,21,23,25-26,45H,12-18,40H2,1H3/t21?,23?,25?,26-/m0/s1. The molecule has 1 aliphatic heterocycles. The van der Waals surface area contributed by atoms with E-state index >= 15 is 4.39 Å². The molecule has 0 saturated carbocycles. The van der Waals surface area contributed by atoms with Crippen LogP contribution >= 0.6 is 0 Å². The van der Waals surface area contributed by atoms with Gasteiger partial charge in [0.05, 0.1) is 25.7 Å². The number of nitrogens with zero attached hydrogens (tertiary/aromatic N) is 4. The third-order valence-corrected chi connectivity index (χ3v) is 8.76. The smallest absolute Gasteiger partial charge is 0.449 e. The number of halogens is 7. The average Bonchev–Trinajstić information content (AvgIpc) is 3.52. The fraction of sp³-hybridized carbons (Fsp3) is 0.438. The van der Waals surface area contributed by atoms with Gasteiger partial charge in [-0.1, -0.05) is 48.6 Å². The molecule has 260 valence electrons. The van der Waals surface area contributed by atoms with E-state index in [-0.39, 0.29) is 49.9 Å². The van der Waals surface area contributed by atoms with Crippen LogP contribution in [-0.4, -0.2) is 63.8 Å². The maximum absolute atomic E-state index is 15.1. The second-order valence-corrected chi connectivity index (χ2v) is 11.8. The lowest BCUT2D eigenvalue weighted by Crippen LogP contribution is -2.57. The fourth-order valence-corrected chi connectivity index (χ4v) is 6.22. The number of furan rings is 1. The zero-order chi connectivity index (χ0) is 35.0. The Kier molecular flexibility index (Phi) is 10.1. The van der Waals surface area contributed by atoms with Crippen molar-refractivity contribution in [3.05, 3.63) is 110 Å². The minimum absolute atomic E-state index is 0.00652. The molecule has 3 heterocycles. The van der Waals surface area contributed by atoms with Crippen molar-refractivity contribution in [2.75, 3.05) is 31.1 Å². The van der Waals surface area contributed by atoms with Gasteiger partial charge < -0.3 is 20.2 Å². The lowest BCUT2D eigenvalue weighted by Gasteiger charge is -2.41. The minimum Gasteiger partial charge on any atom is -0.455 e. The van der Waals surface area contributed by atoms with Crippen LogP contribution in [-0.2, 0) is 25.8 Å². The van der Waals surface area contributed by atoms with Gasteiger partial charge in [0.25, 0.3) is 5.56 Å². The molecule has 0 bridgehead atoms. The van der Waals surface area contributed by atoms with Gasteiger partial charge in [-0.05, 0) is 24.6 Å². The first kappa shape index (κ1) is 35.2. The molecule has 3 unspecified atom stereocenters. The van der Waals surface area contributed by atoms with E-state index in [9.17, 15) is 41.0 Å². The van der Waals surface area contributed by atoms with Crippen LogP contribution < -0.4 is 21.9 Å². The third-order valence-electron chi connectivity index (χ3n) is 8.76. The molecule has 16 heteroatoms. The molecule has 0 spiro atoms. The van der Waals surface area contributed by atoms with Gasteiger partial charge in [0.15, 0.2) is 0 Å². The topological polar surface area (TPSA) is 110 Å². The fourth-order valence-electron chi connectivity index (χ4n) is 6.22. The largest absolute Gasteiger partial charge is 0.455 e. The molecule has 5 rings (SSSR count). The number of allylic oxidation sites excluding steroid dienone is 4. The number of hydrogen-bond acceptors (Lipinski definition) is 7. The Hall–Kier alpha value is -4.15. The van der Waals surface area contributed by atoms with Crippen LogP contribution in [0.2, 0.25) is 0 Å². The van der Waals surface area contributed by atoms with Crippen molar-refractivity contribution in [3.8, 4) is 0 Å². The van der Waals surface area contributed by atoms with Crippen LogP contribution in [0.15, 0.2) is 80.3 Å². The van der Waals surface area contributed by atoms with Crippen LogP contribution in [0, 0.1) is 12.8 Å². The van der Waals surface area contributed by atoms with Crippen molar-refractivity contribution >= 4 is 5.69 Å². The van der Waals surface area contributed by atoms with Crippen molar-refractivity contribution < 1.29 is 40.3 Å². The number of piperazine rings is 1. The maximum atomic E-state index is 15.1. The Labute approximate surface area is 270 Å². The molecule has 48 heavy (non-hydrogen) atoms. The molecule has 2 aromatic heterocycles. The number of rotatable bonds is 9. The molecule has 1 saturated heterocycles. The summed E-state index contributed by atoms with van der Waals surface area (Å²) in [5.74, 6) is -2.95. The number of aromatic nitrogens is 2. The normalized spacial score (nSPS) is 21.4. The maximum Gasteiger partial charge on any atom is 0.449 e. The van der Waals surface area contributed by atoms with Crippen LogP contribution in [0.4, 0.5) is 36.4 Å². The van der Waals surface area contributed by atoms with Crippen molar-refractivity contribution in [1.29, 1.82) is 0 Å². The highest BCUT2D eigenvalue weighted by atomic mass is 19.4. The summed E-state index contributed by atoms with van der Waals surface area (Å²) in [5, 5.41) is 10.2. The van der Waals surface area contributed by atoms with Crippen LogP contribution in [0.1, 0.15) is 28.8 Å². The van der Waals surface area contributed by atoms with Crippen LogP contribution in [0.25, 0.3) is 0 Å². The summed E-state index contributed by atoms with van der Waals surface area (Å²) in [6.07, 6.45) is -8.95. The molecule has 1 aromatic carbocycles. The molecule has 2 aliphatic rings. The zero-order valence-electron chi connectivity index (χ0n) is 25.7. The van der Waals surface area contributed by atoms with Crippen LogP contribution in [0.3, 0.4) is 0 Å². The molecule has 0 amide bonds. The summed E-state index contributed by atoms with van der Waals surface area (Å²) in [7, 11) is 0. The average molecular weight is 686 g/mol. The van der Waals surface area contributed by atoms with Crippen molar-refractivity contribution in [2.45, 2.75) is 57.2 Å². The van der Waals surface area contributed by atoms with E-state index in [1.165, 1.54) is 13.0 Å². The summed E-state index contributed by atoms with van der Waals surface area (Å²) >= 11 is 0. The predicted octanol–water partition coefficient (Wildman–Crippen LogP) is 4.33. The highest BCUT2D eigenvalue weighted by molar-refractivity contribution is 5.50. The summed E-state index contributed by atoms with van der Waals surface area (Å²) < 4.78 is 103. The first-order valence-electron chi connectivity index (χ1n) is 15.1. The SMILES string of the molecule is Cc1c(N2CCN(Cc3ccc(C(F)(F)F)o3)C(CO)C2)c(=O)n(C[C@H](N)c2ccccc2)c(=O)n1CC1C(C(F)(F)F)=CC=CC1F. The van der Waals surface area contributed by atoms with Crippen LogP contribution in [0.5, 0.6) is 0 Å². The van der Waals surface area contributed by atoms with Gasteiger partial charge in [-0.15, -0.1) is 0 Å². The predicted molar refractivity (Wildman–Crippen MR) is 162 cm³/mol. The molecule has 3 N–H and O–H groups in total. The molecule has 9 nitrogen and oxygen atoms in total. The Morgan fingerprint density at radius 3 is 2.33 bits per heavy atom. The van der Waals surface area contributed by atoms with Gasteiger partial charge in [0.1, 0.15) is 17.6 Å². The van der Waals surface area contributed by atoms with Gasteiger partial charge in [-0.2, -0.15) is 26.3 Å². The van der Waals surface area contributed by atoms with Gasteiger partial charge in [-0.3, -0.25) is 18.8 Å². The lowest BCUT2D eigenvalue weighted by molar-refractivity contribution is -0.153. The van der Waals surface area contributed by atoms with Gasteiger partial charge in [-0.25, -0.2) is 9.18 Å². The number of nitrogens with two attached hydrogens (primary N) is 1. The van der Waals surface area contributed by atoms with Gasteiger partial charge in [0.2, 0.25) is 5.76 Å². The van der Waals surface area contributed by atoms with E-state index in [2.05, 4.69) is 0 Å². The Bertz CT molecular complexity index is 1780. The molecular weight excluding hydrogens is 651 g/mol. The van der Waals surface area contributed by atoms with Crippen molar-refractivity contribution in [3.63, 3.8) is 0 Å². The third kappa shape index (κ3) is 7.29. The highest BCUT2D eigenvalue weighted by Gasteiger charge is 2.43. The van der Waals surface area contributed by atoms with E-state index < -0.39 is 72.3 Å². The number of hydrogen-bond donors (Lipinski definition) is 2. The first-order chi connectivity index (χ1) is 22.6. The molecule has 1 aliphatic carbocycles. The Morgan fingerprint density at radius 1 is 1.00 bits per heavy atom. The molecule has 0 radical (unpaired) electrons. The number of aliphatic hydroxyl groups excluding tert-OH is 1. The zero-order valence-corrected chi connectivity index (χ0v) is 25.7. The lowest BCUT2D eigenvalue weighted by atomic mass is 9.89. The molecular formula is C32H34F7N5O4. The van der Waals surface area contributed by atoms with E-state index in [1.807, 2.05) is 0 Å².